The van der Waals surface area contributed by atoms with Crippen molar-refractivity contribution in [1.82, 2.24) is 0 Å². The van der Waals surface area contributed by atoms with Crippen LogP contribution in [0.3, 0.4) is 0 Å². The molecule has 0 spiro atoms. The van der Waals surface area contributed by atoms with E-state index in [0.717, 1.165) is 17.7 Å². The molecule has 1 amide bonds. The van der Waals surface area contributed by atoms with Crippen molar-refractivity contribution in [1.29, 1.82) is 0 Å². The number of nitrogens with two attached hydrogens (primary N) is 1. The van der Waals surface area contributed by atoms with Crippen LogP contribution in [0.1, 0.15) is 18.9 Å². The standard InChI is InChI=1S/C14H21N3O3/c1-2-10-5-3-4-6-11(10)17-13(18)9-12(14(19)20)16-8-7-15/h3-6,12,16H,2,7-9,15H2,1H3,(H,17,18)(H,19,20)/p+1/t12-/m1/s1. The molecule has 0 aliphatic heterocycles. The summed E-state index contributed by atoms with van der Waals surface area (Å²) in [4.78, 5) is 22.9. The average molecular weight is 280 g/mol. The van der Waals surface area contributed by atoms with Gasteiger partial charge in [-0.1, -0.05) is 25.1 Å². The first-order valence-corrected chi connectivity index (χ1v) is 6.79. The second-order valence-electron chi connectivity index (χ2n) is 4.57. The summed E-state index contributed by atoms with van der Waals surface area (Å²) in [5.74, 6) is -1.54. The molecule has 0 aliphatic carbocycles. The summed E-state index contributed by atoms with van der Waals surface area (Å²) in [7, 11) is 0. The Balaban J connectivity index is 2.63. The molecule has 0 fully saturated rings. The lowest BCUT2D eigenvalue weighted by molar-refractivity contribution is -0.695. The summed E-state index contributed by atoms with van der Waals surface area (Å²) in [5.41, 5.74) is 5.39. The first kappa shape index (κ1) is 16.1. The number of amides is 1. The molecular formula is C14H22N3O3+. The van der Waals surface area contributed by atoms with Gasteiger partial charge < -0.3 is 26.3 Å². The molecule has 0 unspecified atom stereocenters. The molecule has 0 aliphatic rings. The monoisotopic (exact) mass is 280 g/mol. The van der Waals surface area contributed by atoms with Crippen LogP contribution in [0.25, 0.3) is 0 Å². The number of carbonyl (C=O) groups excluding carboxylic acids is 2. The van der Waals surface area contributed by atoms with Gasteiger partial charge in [0.05, 0.1) is 12.4 Å². The first-order valence-electron chi connectivity index (χ1n) is 6.79. The highest BCUT2D eigenvalue weighted by molar-refractivity contribution is 5.93. The number of rotatable bonds is 8. The molecule has 0 heterocycles. The van der Waals surface area contributed by atoms with Gasteiger partial charge >= 0.3 is 0 Å². The summed E-state index contributed by atoms with van der Waals surface area (Å²) in [5, 5.41) is 15.3. The second kappa shape index (κ2) is 8.29. The van der Waals surface area contributed by atoms with Gasteiger partial charge in [0.25, 0.3) is 0 Å². The van der Waals surface area contributed by atoms with Crippen molar-refractivity contribution in [2.45, 2.75) is 25.8 Å². The van der Waals surface area contributed by atoms with E-state index in [0.29, 0.717) is 13.1 Å². The smallest absolute Gasteiger partial charge is 0.230 e. The molecule has 6 heteroatoms. The Morgan fingerprint density at radius 2 is 2.10 bits per heavy atom. The summed E-state index contributed by atoms with van der Waals surface area (Å²) < 4.78 is 0. The maximum absolute atomic E-state index is 11.9. The van der Waals surface area contributed by atoms with Crippen molar-refractivity contribution in [3.8, 4) is 0 Å². The molecule has 0 saturated heterocycles. The van der Waals surface area contributed by atoms with Gasteiger partial charge in [-0.2, -0.15) is 0 Å². The van der Waals surface area contributed by atoms with Crippen molar-refractivity contribution in [3.05, 3.63) is 29.8 Å². The Bertz CT molecular complexity index is 463. The van der Waals surface area contributed by atoms with E-state index in [1.54, 1.807) is 5.32 Å². The van der Waals surface area contributed by atoms with Gasteiger partial charge in [0, 0.05) is 5.69 Å². The van der Waals surface area contributed by atoms with Gasteiger partial charge in [-0.05, 0) is 18.1 Å². The van der Waals surface area contributed by atoms with Crippen molar-refractivity contribution in [2.24, 2.45) is 0 Å². The number of carbonyl (C=O) groups is 2. The Hall–Kier alpha value is -1.92. The van der Waals surface area contributed by atoms with E-state index in [2.05, 4.69) is 11.1 Å². The van der Waals surface area contributed by atoms with Crippen LogP contribution in [0.15, 0.2) is 24.3 Å². The summed E-state index contributed by atoms with van der Waals surface area (Å²) >= 11 is 0. The van der Waals surface area contributed by atoms with Gasteiger partial charge in [-0.15, -0.1) is 0 Å². The maximum atomic E-state index is 11.9. The zero-order valence-electron chi connectivity index (χ0n) is 11.7. The number of benzene rings is 1. The Kier molecular flexibility index (Phi) is 6.69. The zero-order chi connectivity index (χ0) is 15.0. The number of aryl methyl sites for hydroxylation is 1. The molecule has 0 radical (unpaired) electrons. The average Bonchev–Trinajstić information content (AvgIpc) is 2.43. The fourth-order valence-corrected chi connectivity index (χ4v) is 1.93. The highest BCUT2D eigenvalue weighted by Crippen LogP contribution is 2.15. The molecule has 1 aromatic carbocycles. The molecule has 1 rings (SSSR count). The number of aliphatic carboxylic acids is 1. The Morgan fingerprint density at radius 1 is 1.40 bits per heavy atom. The van der Waals surface area contributed by atoms with Crippen LogP contribution in [0, 0.1) is 0 Å². The number of para-hydroxylation sites is 1. The molecule has 0 bridgehead atoms. The number of hydrogen-bond acceptors (Lipinski definition) is 3. The highest BCUT2D eigenvalue weighted by Gasteiger charge is 2.18. The van der Waals surface area contributed by atoms with Crippen LogP contribution in [0.5, 0.6) is 0 Å². The largest absolute Gasteiger partial charge is 0.544 e. The maximum Gasteiger partial charge on any atom is 0.230 e. The number of quaternary nitrogens is 2. The topological polar surface area (TPSA) is 113 Å². The van der Waals surface area contributed by atoms with Crippen LogP contribution in [0.4, 0.5) is 5.69 Å². The van der Waals surface area contributed by atoms with Gasteiger partial charge in [0.1, 0.15) is 19.1 Å². The highest BCUT2D eigenvalue weighted by atomic mass is 16.4. The van der Waals surface area contributed by atoms with Crippen LogP contribution in [0.2, 0.25) is 0 Å². The van der Waals surface area contributed by atoms with E-state index >= 15 is 0 Å². The van der Waals surface area contributed by atoms with Crippen LogP contribution < -0.4 is 21.5 Å². The third-order valence-corrected chi connectivity index (χ3v) is 3.04. The minimum atomic E-state index is -1.22. The number of carboxylic acid groups (broad SMARTS) is 1. The lowest BCUT2D eigenvalue weighted by Crippen LogP contribution is -2.95. The van der Waals surface area contributed by atoms with E-state index in [-0.39, 0.29) is 12.3 Å². The van der Waals surface area contributed by atoms with Crippen molar-refractivity contribution >= 4 is 17.6 Å². The lowest BCUT2D eigenvalue weighted by Gasteiger charge is -2.16. The van der Waals surface area contributed by atoms with Gasteiger partial charge in [0.15, 0.2) is 0 Å². The fraction of sp³-hybridized carbons (Fsp3) is 0.429. The predicted molar refractivity (Wildman–Crippen MR) is 72.4 cm³/mol. The van der Waals surface area contributed by atoms with Crippen LogP contribution >= 0.6 is 0 Å². The third kappa shape index (κ3) is 4.99. The summed E-state index contributed by atoms with van der Waals surface area (Å²) in [6.45, 7) is 3.15. The van der Waals surface area contributed by atoms with E-state index < -0.39 is 12.0 Å². The van der Waals surface area contributed by atoms with Crippen LogP contribution in [-0.2, 0) is 16.0 Å². The SMILES string of the molecule is CCc1ccccc1NC(=O)C[C@@H]([NH2+]CC[NH3+])C(=O)[O-]. The number of nitrogens with one attached hydrogen (secondary N) is 1. The van der Waals surface area contributed by atoms with Crippen molar-refractivity contribution in [2.75, 3.05) is 18.4 Å². The lowest BCUT2D eigenvalue weighted by atomic mass is 10.1. The molecule has 110 valence electrons. The molecule has 6 nitrogen and oxygen atoms in total. The minimum Gasteiger partial charge on any atom is -0.544 e. The van der Waals surface area contributed by atoms with Gasteiger partial charge in [-0.25, -0.2) is 0 Å². The van der Waals surface area contributed by atoms with Gasteiger partial charge in [0.2, 0.25) is 5.91 Å². The number of hydrogen-bond donors (Lipinski definition) is 3. The molecule has 1 atom stereocenters. The number of anilines is 1. The van der Waals surface area contributed by atoms with Crippen molar-refractivity contribution < 1.29 is 25.7 Å². The number of carboxylic acids is 1. The third-order valence-electron chi connectivity index (χ3n) is 3.04. The zero-order valence-corrected chi connectivity index (χ0v) is 11.7. The molecule has 1 aromatic rings. The predicted octanol–water partition coefficient (Wildman–Crippen LogP) is -2.50. The fourth-order valence-electron chi connectivity index (χ4n) is 1.93. The molecule has 0 aromatic heterocycles. The first-order chi connectivity index (χ1) is 9.58. The Morgan fingerprint density at radius 3 is 2.70 bits per heavy atom. The van der Waals surface area contributed by atoms with Crippen molar-refractivity contribution in [3.63, 3.8) is 0 Å². The normalized spacial score (nSPS) is 11.9. The summed E-state index contributed by atoms with van der Waals surface area (Å²) in [6.07, 6.45) is 0.689. The van der Waals surface area contributed by atoms with E-state index in [9.17, 15) is 14.7 Å². The van der Waals surface area contributed by atoms with E-state index in [1.165, 1.54) is 0 Å². The molecule has 20 heavy (non-hydrogen) atoms. The Labute approximate surface area is 118 Å². The molecular weight excluding hydrogens is 258 g/mol. The van der Waals surface area contributed by atoms with Crippen LogP contribution in [-0.4, -0.2) is 31.0 Å². The molecule has 0 saturated carbocycles. The minimum absolute atomic E-state index is 0.111. The van der Waals surface area contributed by atoms with E-state index in [4.69, 9.17) is 0 Å². The van der Waals surface area contributed by atoms with E-state index in [1.807, 2.05) is 31.2 Å². The quantitative estimate of drug-likeness (QED) is 0.489. The summed E-state index contributed by atoms with van der Waals surface area (Å²) in [6, 6.07) is 6.61. The van der Waals surface area contributed by atoms with Gasteiger partial charge in [-0.3, -0.25) is 4.79 Å². The molecule has 6 N–H and O–H groups in total. The second-order valence-corrected chi connectivity index (χ2v) is 4.57.